The van der Waals surface area contributed by atoms with E-state index in [4.69, 9.17) is 0 Å². The van der Waals surface area contributed by atoms with Crippen molar-refractivity contribution < 1.29 is 9.90 Å². The predicted octanol–water partition coefficient (Wildman–Crippen LogP) is -0.641. The van der Waals surface area contributed by atoms with Crippen LogP contribution in [-0.2, 0) is 0 Å². The molecule has 0 spiro atoms. The van der Waals surface area contributed by atoms with Crippen LogP contribution in [0, 0.1) is 0 Å². The largest absolute Gasteiger partial charge is 0.388 e. The molecule has 0 saturated carbocycles. The standard InChI is InChI=1S/C13H18N6O2/c20-12(10-2-3-11-16-17-18-19(11)8-10)15-9-13(21)4-1-6-14-7-5-13/h2-3,8,14,21H,1,4-7,9H2,(H,15,20). The summed E-state index contributed by atoms with van der Waals surface area (Å²) in [6.07, 6.45) is 3.80. The molecule has 8 heteroatoms. The zero-order valence-electron chi connectivity index (χ0n) is 11.6. The Hall–Kier alpha value is -2.06. The minimum atomic E-state index is -0.835. The van der Waals surface area contributed by atoms with Crippen molar-refractivity contribution in [2.45, 2.75) is 24.9 Å². The lowest BCUT2D eigenvalue weighted by atomic mass is 9.95. The molecule has 1 amide bonds. The molecule has 1 aliphatic rings. The van der Waals surface area contributed by atoms with Gasteiger partial charge < -0.3 is 15.7 Å². The van der Waals surface area contributed by atoms with E-state index in [2.05, 4.69) is 26.2 Å². The Morgan fingerprint density at radius 3 is 3.24 bits per heavy atom. The fraction of sp³-hybridized carbons (Fsp3) is 0.538. The summed E-state index contributed by atoms with van der Waals surface area (Å²) in [5.41, 5.74) is 0.211. The number of nitrogens with one attached hydrogen (secondary N) is 2. The van der Waals surface area contributed by atoms with Crippen LogP contribution >= 0.6 is 0 Å². The molecular formula is C13H18N6O2. The molecule has 0 aromatic carbocycles. The quantitative estimate of drug-likeness (QED) is 0.694. The number of hydrogen-bond donors (Lipinski definition) is 3. The number of aliphatic hydroxyl groups is 1. The number of carbonyl (C=O) groups excluding carboxylic acids is 1. The Bertz CT molecular complexity index is 632. The monoisotopic (exact) mass is 290 g/mol. The molecule has 1 saturated heterocycles. The number of tetrazole rings is 1. The normalized spacial score (nSPS) is 22.9. The van der Waals surface area contributed by atoms with E-state index in [0.29, 0.717) is 24.1 Å². The highest BCUT2D eigenvalue weighted by molar-refractivity contribution is 5.94. The van der Waals surface area contributed by atoms with Gasteiger partial charge in [-0.2, -0.15) is 4.52 Å². The van der Waals surface area contributed by atoms with Crippen molar-refractivity contribution >= 4 is 11.6 Å². The van der Waals surface area contributed by atoms with Crippen LogP contribution in [0.5, 0.6) is 0 Å². The zero-order chi connectivity index (χ0) is 14.7. The van der Waals surface area contributed by atoms with Gasteiger partial charge in [-0.15, -0.1) is 5.10 Å². The molecular weight excluding hydrogens is 272 g/mol. The van der Waals surface area contributed by atoms with E-state index in [1.807, 2.05) is 0 Å². The highest BCUT2D eigenvalue weighted by Gasteiger charge is 2.28. The van der Waals surface area contributed by atoms with E-state index < -0.39 is 5.60 Å². The first-order chi connectivity index (χ1) is 10.2. The van der Waals surface area contributed by atoms with Gasteiger partial charge in [0.1, 0.15) is 0 Å². The SMILES string of the molecule is O=C(NCC1(O)CCCNCC1)c1ccc2nnnn2c1. The minimum absolute atomic E-state index is 0.238. The molecule has 21 heavy (non-hydrogen) atoms. The molecule has 0 bridgehead atoms. The molecule has 3 heterocycles. The molecule has 0 aliphatic carbocycles. The number of aromatic nitrogens is 4. The second kappa shape index (κ2) is 5.74. The maximum atomic E-state index is 12.2. The first-order valence-corrected chi connectivity index (χ1v) is 7.05. The Morgan fingerprint density at radius 1 is 1.43 bits per heavy atom. The van der Waals surface area contributed by atoms with Crippen molar-refractivity contribution in [3.63, 3.8) is 0 Å². The molecule has 2 aromatic rings. The molecule has 2 aromatic heterocycles. The van der Waals surface area contributed by atoms with E-state index >= 15 is 0 Å². The van der Waals surface area contributed by atoms with E-state index in [-0.39, 0.29) is 12.5 Å². The van der Waals surface area contributed by atoms with Gasteiger partial charge in [-0.25, -0.2) is 0 Å². The lowest BCUT2D eigenvalue weighted by Gasteiger charge is -2.26. The van der Waals surface area contributed by atoms with Crippen molar-refractivity contribution in [3.05, 3.63) is 23.9 Å². The molecule has 8 nitrogen and oxygen atoms in total. The van der Waals surface area contributed by atoms with Crippen molar-refractivity contribution in [3.8, 4) is 0 Å². The number of fused-ring (bicyclic) bond motifs is 1. The number of hydrogen-bond acceptors (Lipinski definition) is 6. The fourth-order valence-corrected chi connectivity index (χ4v) is 2.51. The highest BCUT2D eigenvalue weighted by atomic mass is 16.3. The third kappa shape index (κ3) is 3.17. The molecule has 112 valence electrons. The van der Waals surface area contributed by atoms with Gasteiger partial charge in [-0.3, -0.25) is 4.79 Å². The third-order valence-electron chi connectivity index (χ3n) is 3.79. The Morgan fingerprint density at radius 2 is 2.33 bits per heavy atom. The van der Waals surface area contributed by atoms with Crippen LogP contribution < -0.4 is 10.6 Å². The van der Waals surface area contributed by atoms with E-state index in [0.717, 1.165) is 19.5 Å². The van der Waals surface area contributed by atoms with Crippen LogP contribution in [0.1, 0.15) is 29.6 Å². The third-order valence-corrected chi connectivity index (χ3v) is 3.79. The molecule has 1 fully saturated rings. The molecule has 1 aliphatic heterocycles. The summed E-state index contributed by atoms with van der Waals surface area (Å²) in [5.74, 6) is -0.238. The Balaban J connectivity index is 1.65. The van der Waals surface area contributed by atoms with Crippen LogP contribution in [-0.4, -0.2) is 56.3 Å². The highest BCUT2D eigenvalue weighted by Crippen LogP contribution is 2.18. The van der Waals surface area contributed by atoms with Crippen molar-refractivity contribution in [1.82, 2.24) is 30.7 Å². The molecule has 1 atom stereocenters. The lowest BCUT2D eigenvalue weighted by molar-refractivity contribution is 0.0275. The zero-order valence-corrected chi connectivity index (χ0v) is 11.6. The number of pyridine rings is 1. The Kier molecular flexibility index (Phi) is 3.80. The van der Waals surface area contributed by atoms with E-state index in [1.54, 1.807) is 18.3 Å². The smallest absolute Gasteiger partial charge is 0.252 e. The van der Waals surface area contributed by atoms with Gasteiger partial charge in [0, 0.05) is 12.7 Å². The second-order valence-electron chi connectivity index (χ2n) is 5.41. The lowest BCUT2D eigenvalue weighted by Crippen LogP contribution is -2.43. The van der Waals surface area contributed by atoms with Gasteiger partial charge >= 0.3 is 0 Å². The average Bonchev–Trinajstić information content (AvgIpc) is 2.85. The van der Waals surface area contributed by atoms with Crippen molar-refractivity contribution in [2.75, 3.05) is 19.6 Å². The number of nitrogens with zero attached hydrogens (tertiary/aromatic N) is 4. The van der Waals surface area contributed by atoms with E-state index in [9.17, 15) is 9.90 Å². The summed E-state index contributed by atoms with van der Waals surface area (Å²) < 4.78 is 1.44. The summed E-state index contributed by atoms with van der Waals surface area (Å²) >= 11 is 0. The van der Waals surface area contributed by atoms with Crippen LogP contribution in [0.4, 0.5) is 0 Å². The number of carbonyl (C=O) groups is 1. The number of rotatable bonds is 3. The van der Waals surface area contributed by atoms with Gasteiger partial charge in [-0.1, -0.05) is 0 Å². The van der Waals surface area contributed by atoms with Gasteiger partial charge in [-0.05, 0) is 54.9 Å². The molecule has 1 unspecified atom stereocenters. The average molecular weight is 290 g/mol. The molecule has 3 rings (SSSR count). The Labute approximate surface area is 121 Å². The number of amides is 1. The van der Waals surface area contributed by atoms with Gasteiger partial charge in [0.2, 0.25) is 0 Å². The van der Waals surface area contributed by atoms with Crippen LogP contribution in [0.15, 0.2) is 18.3 Å². The van der Waals surface area contributed by atoms with Crippen LogP contribution in [0.25, 0.3) is 5.65 Å². The summed E-state index contributed by atoms with van der Waals surface area (Å²) in [7, 11) is 0. The fourth-order valence-electron chi connectivity index (χ4n) is 2.51. The maximum absolute atomic E-state index is 12.2. The van der Waals surface area contributed by atoms with Crippen LogP contribution in [0.2, 0.25) is 0 Å². The maximum Gasteiger partial charge on any atom is 0.252 e. The molecule has 0 radical (unpaired) electrons. The van der Waals surface area contributed by atoms with Crippen molar-refractivity contribution in [2.24, 2.45) is 0 Å². The second-order valence-corrected chi connectivity index (χ2v) is 5.41. The first-order valence-electron chi connectivity index (χ1n) is 7.05. The summed E-state index contributed by atoms with van der Waals surface area (Å²) in [5, 5.41) is 27.6. The van der Waals surface area contributed by atoms with Crippen molar-refractivity contribution in [1.29, 1.82) is 0 Å². The first kappa shape index (κ1) is 13.9. The topological polar surface area (TPSA) is 104 Å². The van der Waals surface area contributed by atoms with Gasteiger partial charge in [0.05, 0.1) is 11.2 Å². The minimum Gasteiger partial charge on any atom is -0.388 e. The van der Waals surface area contributed by atoms with Crippen LogP contribution in [0.3, 0.4) is 0 Å². The summed E-state index contributed by atoms with van der Waals surface area (Å²) in [4.78, 5) is 12.2. The summed E-state index contributed by atoms with van der Waals surface area (Å²) in [6, 6.07) is 3.35. The van der Waals surface area contributed by atoms with E-state index in [1.165, 1.54) is 4.52 Å². The summed E-state index contributed by atoms with van der Waals surface area (Å²) in [6.45, 7) is 1.93. The van der Waals surface area contributed by atoms with Gasteiger partial charge in [0.25, 0.3) is 5.91 Å². The molecule has 3 N–H and O–H groups in total. The van der Waals surface area contributed by atoms with Gasteiger partial charge in [0.15, 0.2) is 5.65 Å². The predicted molar refractivity (Wildman–Crippen MR) is 74.8 cm³/mol.